The standard InChI is InChI=1S/C18H18BrN3OS/c1-22(10-12-5-7-13(19)8-6-12)11-17(23)21-18-15(9-20)14-3-2-4-16(14)24-18/h5-8H,2-4,10-11H2,1H3,(H,21,23)/p+1. The Kier molecular flexibility index (Phi) is 5.34. The Balaban J connectivity index is 1.60. The lowest BCUT2D eigenvalue weighted by Gasteiger charge is -2.13. The van der Waals surface area contributed by atoms with Gasteiger partial charge in [0.25, 0.3) is 5.91 Å². The van der Waals surface area contributed by atoms with Crippen LogP contribution in [0.5, 0.6) is 0 Å². The fourth-order valence-electron chi connectivity index (χ4n) is 3.07. The van der Waals surface area contributed by atoms with Gasteiger partial charge in [-0.05, 0) is 37.0 Å². The van der Waals surface area contributed by atoms with E-state index in [1.54, 1.807) is 11.3 Å². The minimum atomic E-state index is -0.0407. The molecule has 0 saturated carbocycles. The topological polar surface area (TPSA) is 57.3 Å². The molecule has 6 heteroatoms. The van der Waals surface area contributed by atoms with Crippen LogP contribution in [0.25, 0.3) is 0 Å². The molecule has 124 valence electrons. The molecule has 3 rings (SSSR count). The van der Waals surface area contributed by atoms with Crippen LogP contribution in [0.1, 0.15) is 28.0 Å². The second-order valence-corrected chi connectivity index (χ2v) is 8.18. The van der Waals surface area contributed by atoms with Crippen LogP contribution >= 0.6 is 27.3 Å². The van der Waals surface area contributed by atoms with Crippen LogP contribution in [0.15, 0.2) is 28.7 Å². The first-order valence-electron chi connectivity index (χ1n) is 7.97. The summed E-state index contributed by atoms with van der Waals surface area (Å²) in [7, 11) is 2.00. The third kappa shape index (κ3) is 3.86. The number of nitrogens with one attached hydrogen (secondary N) is 2. The number of halogens is 1. The number of rotatable bonds is 5. The fraction of sp³-hybridized carbons (Fsp3) is 0.333. The third-order valence-electron chi connectivity index (χ3n) is 4.17. The molecule has 0 radical (unpaired) electrons. The summed E-state index contributed by atoms with van der Waals surface area (Å²) in [4.78, 5) is 14.7. The van der Waals surface area contributed by atoms with E-state index in [1.807, 2.05) is 19.2 Å². The molecule has 0 spiro atoms. The maximum atomic E-state index is 12.3. The highest BCUT2D eigenvalue weighted by atomic mass is 79.9. The Bertz CT molecular complexity index is 792. The summed E-state index contributed by atoms with van der Waals surface area (Å²) in [5, 5.41) is 13.1. The molecule has 0 saturated heterocycles. The number of thiophene rings is 1. The number of nitriles is 1. The average molecular weight is 405 g/mol. The largest absolute Gasteiger partial charge is 0.326 e. The summed E-state index contributed by atoms with van der Waals surface area (Å²) < 4.78 is 1.05. The van der Waals surface area contributed by atoms with E-state index >= 15 is 0 Å². The molecule has 2 N–H and O–H groups in total. The van der Waals surface area contributed by atoms with E-state index in [9.17, 15) is 10.1 Å². The van der Waals surface area contributed by atoms with E-state index in [0.29, 0.717) is 12.1 Å². The van der Waals surface area contributed by atoms with Crippen LogP contribution in [-0.4, -0.2) is 19.5 Å². The lowest BCUT2D eigenvalue weighted by atomic mass is 10.1. The van der Waals surface area contributed by atoms with Crippen molar-refractivity contribution in [3.63, 3.8) is 0 Å². The van der Waals surface area contributed by atoms with Gasteiger partial charge in [-0.2, -0.15) is 5.26 Å². The van der Waals surface area contributed by atoms with Gasteiger partial charge in [0.1, 0.15) is 17.6 Å². The molecule has 1 aliphatic carbocycles. The zero-order chi connectivity index (χ0) is 17.1. The average Bonchev–Trinajstić information content (AvgIpc) is 3.09. The molecule has 0 fully saturated rings. The van der Waals surface area contributed by atoms with Gasteiger partial charge in [0.2, 0.25) is 0 Å². The SMILES string of the molecule is C[NH+](CC(=O)Nc1sc2c(c1C#N)CCC2)Cc1ccc(Br)cc1. The number of anilines is 1. The second kappa shape index (κ2) is 7.47. The molecule has 24 heavy (non-hydrogen) atoms. The number of aryl methyl sites for hydroxylation is 1. The molecule has 2 aromatic rings. The highest BCUT2D eigenvalue weighted by Gasteiger charge is 2.23. The lowest BCUT2D eigenvalue weighted by molar-refractivity contribution is -0.885. The Morgan fingerprint density at radius 3 is 2.83 bits per heavy atom. The zero-order valence-electron chi connectivity index (χ0n) is 13.5. The van der Waals surface area contributed by atoms with E-state index < -0.39 is 0 Å². The van der Waals surface area contributed by atoms with E-state index in [4.69, 9.17) is 0 Å². The molecule has 1 amide bonds. The van der Waals surface area contributed by atoms with Crippen LogP contribution in [0.4, 0.5) is 5.00 Å². The van der Waals surface area contributed by atoms with Crippen LogP contribution < -0.4 is 10.2 Å². The Morgan fingerprint density at radius 2 is 2.12 bits per heavy atom. The van der Waals surface area contributed by atoms with Crippen molar-refractivity contribution in [1.82, 2.24) is 0 Å². The first kappa shape index (κ1) is 17.2. The van der Waals surface area contributed by atoms with Crippen LogP contribution in [0.2, 0.25) is 0 Å². The van der Waals surface area contributed by atoms with Crippen molar-refractivity contribution in [1.29, 1.82) is 5.26 Å². The van der Waals surface area contributed by atoms with Gasteiger partial charge in [-0.15, -0.1) is 11.3 Å². The molecular weight excluding hydrogens is 386 g/mol. The van der Waals surface area contributed by atoms with Gasteiger partial charge in [0.05, 0.1) is 12.6 Å². The molecule has 0 bridgehead atoms. The predicted octanol–water partition coefficient (Wildman–Crippen LogP) is 2.52. The van der Waals surface area contributed by atoms with Crippen molar-refractivity contribution in [2.75, 3.05) is 18.9 Å². The van der Waals surface area contributed by atoms with Gasteiger partial charge >= 0.3 is 0 Å². The first-order valence-corrected chi connectivity index (χ1v) is 9.58. The summed E-state index contributed by atoms with van der Waals surface area (Å²) in [6, 6.07) is 10.4. The molecule has 1 heterocycles. The normalized spacial score (nSPS) is 14.0. The third-order valence-corrected chi connectivity index (χ3v) is 5.90. The second-order valence-electron chi connectivity index (χ2n) is 6.16. The van der Waals surface area contributed by atoms with Crippen molar-refractivity contribution >= 4 is 38.2 Å². The van der Waals surface area contributed by atoms with Crippen molar-refractivity contribution in [2.45, 2.75) is 25.8 Å². The van der Waals surface area contributed by atoms with E-state index in [0.717, 1.165) is 45.7 Å². The number of carbonyl (C=O) groups excluding carboxylic acids is 1. The number of likely N-dealkylation sites (N-methyl/N-ethyl adjacent to an activating group) is 1. The van der Waals surface area contributed by atoms with Gasteiger partial charge in [0, 0.05) is 14.9 Å². The molecule has 4 nitrogen and oxygen atoms in total. The molecule has 1 aromatic carbocycles. The van der Waals surface area contributed by atoms with Gasteiger partial charge in [-0.1, -0.05) is 28.1 Å². The molecular formula is C18H19BrN3OS+. The zero-order valence-corrected chi connectivity index (χ0v) is 15.9. The number of nitrogens with zero attached hydrogens (tertiary/aromatic N) is 1. The van der Waals surface area contributed by atoms with Crippen LogP contribution in [0.3, 0.4) is 0 Å². The molecule has 1 aliphatic rings. The molecule has 1 atom stereocenters. The van der Waals surface area contributed by atoms with Crippen molar-refractivity contribution in [2.24, 2.45) is 0 Å². The van der Waals surface area contributed by atoms with Crippen LogP contribution in [0, 0.1) is 11.3 Å². The number of quaternary nitrogens is 1. The number of hydrogen-bond acceptors (Lipinski definition) is 3. The summed E-state index contributed by atoms with van der Waals surface area (Å²) in [5.41, 5.74) is 3.01. The van der Waals surface area contributed by atoms with Gasteiger partial charge < -0.3 is 10.2 Å². The van der Waals surface area contributed by atoms with Crippen molar-refractivity contribution in [3.8, 4) is 6.07 Å². The molecule has 0 aliphatic heterocycles. The predicted molar refractivity (Wildman–Crippen MR) is 99.3 cm³/mol. The van der Waals surface area contributed by atoms with Gasteiger partial charge in [-0.25, -0.2) is 0 Å². The van der Waals surface area contributed by atoms with E-state index in [1.165, 1.54) is 10.4 Å². The smallest absolute Gasteiger partial charge is 0.280 e. The lowest BCUT2D eigenvalue weighted by Crippen LogP contribution is -3.08. The number of benzene rings is 1. The first-order chi connectivity index (χ1) is 11.6. The molecule has 1 aromatic heterocycles. The maximum absolute atomic E-state index is 12.3. The summed E-state index contributed by atoms with van der Waals surface area (Å²) in [5.74, 6) is -0.0407. The van der Waals surface area contributed by atoms with Crippen molar-refractivity contribution in [3.05, 3.63) is 50.3 Å². The fourth-order valence-corrected chi connectivity index (χ4v) is 4.59. The summed E-state index contributed by atoms with van der Waals surface area (Å²) in [6.07, 6.45) is 3.10. The minimum absolute atomic E-state index is 0.0407. The minimum Gasteiger partial charge on any atom is -0.326 e. The Labute approximate surface area is 154 Å². The summed E-state index contributed by atoms with van der Waals surface area (Å²) >= 11 is 4.99. The number of hydrogen-bond donors (Lipinski definition) is 2. The van der Waals surface area contributed by atoms with Crippen molar-refractivity contribution < 1.29 is 9.69 Å². The Morgan fingerprint density at radius 1 is 1.38 bits per heavy atom. The number of amides is 1. The summed E-state index contributed by atoms with van der Waals surface area (Å²) in [6.45, 7) is 1.16. The monoisotopic (exact) mass is 404 g/mol. The number of carbonyl (C=O) groups is 1. The molecule has 1 unspecified atom stereocenters. The Hall–Kier alpha value is -1.68. The van der Waals surface area contributed by atoms with E-state index in [2.05, 4.69) is 39.4 Å². The number of fused-ring (bicyclic) bond motifs is 1. The van der Waals surface area contributed by atoms with Gasteiger partial charge in [0.15, 0.2) is 6.54 Å². The quantitative estimate of drug-likeness (QED) is 0.804. The van der Waals surface area contributed by atoms with Crippen LogP contribution in [-0.2, 0) is 24.2 Å². The highest BCUT2D eigenvalue weighted by molar-refractivity contribution is 9.10. The van der Waals surface area contributed by atoms with E-state index in [-0.39, 0.29) is 5.91 Å². The maximum Gasteiger partial charge on any atom is 0.280 e. The van der Waals surface area contributed by atoms with Gasteiger partial charge in [-0.3, -0.25) is 4.79 Å². The highest BCUT2D eigenvalue weighted by Crippen LogP contribution is 2.38.